The molecular formula is C44H84N14O10. The SMILES string of the molecule is C/C=C1\NC(=O)C(NC(=O)CCCCCCCCCCC)C(O)CNC(=O)C(C(O)CN)NC(=O)C(C(O)CN)NC(=O)[C@H](CCCN=C(N)N)NC[C@H](CC(C)C)NC(=O)[C@H](CCN)NC1=O. The second-order valence-corrected chi connectivity index (χ2v) is 17.6. The highest BCUT2D eigenvalue weighted by atomic mass is 16.3. The Hall–Kier alpha value is -4.98. The number of hydrogen-bond donors (Lipinski definition) is 16. The molecule has 1 fully saturated rings. The largest absolute Gasteiger partial charge is 0.389 e. The predicted molar refractivity (Wildman–Crippen MR) is 257 cm³/mol. The van der Waals surface area contributed by atoms with E-state index in [1.54, 1.807) is 0 Å². The average Bonchev–Trinajstić information content (AvgIpc) is 3.29. The van der Waals surface area contributed by atoms with Crippen molar-refractivity contribution in [1.82, 2.24) is 42.5 Å². The molecule has 7 amide bonds. The number of aliphatic imine (C=N–C) groups is 1. The van der Waals surface area contributed by atoms with E-state index >= 15 is 0 Å². The summed E-state index contributed by atoms with van der Waals surface area (Å²) in [6, 6.07) is -8.35. The molecule has 0 aromatic heterocycles. The minimum Gasteiger partial charge on any atom is -0.389 e. The lowest BCUT2D eigenvalue weighted by atomic mass is 10.0. The summed E-state index contributed by atoms with van der Waals surface area (Å²) in [6.45, 7) is 5.65. The third-order valence-corrected chi connectivity index (χ3v) is 11.2. The number of hydrogen-bond acceptors (Lipinski definition) is 15. The first-order valence-electron chi connectivity index (χ1n) is 24.0. The van der Waals surface area contributed by atoms with Gasteiger partial charge in [-0.1, -0.05) is 78.2 Å². The van der Waals surface area contributed by atoms with Gasteiger partial charge in [0.15, 0.2) is 5.96 Å². The van der Waals surface area contributed by atoms with Gasteiger partial charge in [-0.3, -0.25) is 38.6 Å². The fourth-order valence-electron chi connectivity index (χ4n) is 7.37. The highest BCUT2D eigenvalue weighted by Gasteiger charge is 2.37. The van der Waals surface area contributed by atoms with Crippen LogP contribution in [0.15, 0.2) is 16.8 Å². The molecule has 390 valence electrons. The van der Waals surface area contributed by atoms with Crippen molar-refractivity contribution in [3.63, 3.8) is 0 Å². The van der Waals surface area contributed by atoms with Crippen LogP contribution in [0.3, 0.4) is 0 Å². The first-order chi connectivity index (χ1) is 32.3. The monoisotopic (exact) mass is 969 g/mol. The topological polar surface area (TPSA) is 419 Å². The molecule has 1 rings (SSSR count). The van der Waals surface area contributed by atoms with Crippen molar-refractivity contribution in [3.8, 4) is 0 Å². The van der Waals surface area contributed by atoms with E-state index in [0.29, 0.717) is 12.8 Å². The summed E-state index contributed by atoms with van der Waals surface area (Å²) in [6.07, 6.45) is 5.54. The van der Waals surface area contributed by atoms with Crippen molar-refractivity contribution in [2.24, 2.45) is 39.6 Å². The zero-order valence-electron chi connectivity index (χ0n) is 40.5. The molecule has 0 bridgehead atoms. The van der Waals surface area contributed by atoms with E-state index in [4.69, 9.17) is 28.7 Å². The van der Waals surface area contributed by atoms with Gasteiger partial charge < -0.3 is 86.5 Å². The molecule has 0 aromatic rings. The molecule has 24 nitrogen and oxygen atoms in total. The Balaban J connectivity index is 3.71. The molecule has 1 heterocycles. The molecule has 6 unspecified atom stereocenters. The van der Waals surface area contributed by atoms with Gasteiger partial charge in [-0.2, -0.15) is 0 Å². The number of β-amino-alcohol motifs (C(OH)–C–C–N with tert-alkyl or cyclic N) is 1. The Morgan fingerprint density at radius 1 is 0.750 bits per heavy atom. The molecule has 24 heteroatoms. The summed E-state index contributed by atoms with van der Waals surface area (Å²) in [4.78, 5) is 100. The van der Waals surface area contributed by atoms with Gasteiger partial charge in [0.05, 0.1) is 18.2 Å². The molecule has 0 aromatic carbocycles. The summed E-state index contributed by atoms with van der Waals surface area (Å²) in [5.41, 5.74) is 27.9. The predicted octanol–water partition coefficient (Wildman–Crippen LogP) is -4.11. The van der Waals surface area contributed by atoms with Crippen LogP contribution in [0.4, 0.5) is 0 Å². The molecule has 21 N–H and O–H groups in total. The maximum atomic E-state index is 14.0. The van der Waals surface area contributed by atoms with Crippen LogP contribution < -0.4 is 71.2 Å². The number of nitrogens with one attached hydrogen (secondary N) is 8. The van der Waals surface area contributed by atoms with Crippen molar-refractivity contribution >= 4 is 47.3 Å². The summed E-state index contributed by atoms with van der Waals surface area (Å²) in [5, 5.41) is 53.8. The van der Waals surface area contributed by atoms with Crippen molar-refractivity contribution in [2.45, 2.75) is 172 Å². The fourth-order valence-corrected chi connectivity index (χ4v) is 7.37. The van der Waals surface area contributed by atoms with Crippen LogP contribution in [0.25, 0.3) is 0 Å². The standard InChI is InChI=1S/C44H84N14O10/c1-5-7-8-9-10-11-12-13-14-17-34(62)56-37-33(61)25-52-41(66)35(31(59)22-46)58-43(68)36(32(60)23-47)57-39(64)29(16-15-20-50-44(48)49)51-24-27(21-26(3)4)53-40(65)30(18-19-45)55-38(63)28(6-2)54-42(37)67/h6,26-27,29-33,35-37,51,59-61H,5,7-25,45-47H2,1-4H3,(H,52,66)(H,53,65)(H,54,67)(H,55,63)(H,56,62)(H,57,64)(H,58,68)(H4,48,49,50)/b28-6-/t27-,29-,30-,31?,32?,33?,35?,36?,37?/m0/s1. The van der Waals surface area contributed by atoms with E-state index < -0.39 is 116 Å². The van der Waals surface area contributed by atoms with E-state index in [2.05, 4.69) is 54.5 Å². The maximum Gasteiger partial charge on any atom is 0.268 e. The Labute approximate surface area is 400 Å². The second-order valence-electron chi connectivity index (χ2n) is 17.6. The zero-order valence-corrected chi connectivity index (χ0v) is 40.5. The molecule has 9 atom stereocenters. The minimum atomic E-state index is -1.86. The summed E-state index contributed by atoms with van der Waals surface area (Å²) < 4.78 is 0. The van der Waals surface area contributed by atoms with Gasteiger partial charge in [0.1, 0.15) is 36.0 Å². The average molecular weight is 969 g/mol. The molecule has 0 spiro atoms. The molecule has 1 saturated heterocycles. The Kier molecular flexibility index (Phi) is 30.8. The molecule has 0 aliphatic carbocycles. The number of nitrogens with two attached hydrogens (primary N) is 5. The number of carbonyl (C=O) groups excluding carboxylic acids is 7. The normalized spacial score (nSPS) is 24.7. The molecule has 0 radical (unpaired) electrons. The summed E-state index contributed by atoms with van der Waals surface area (Å²) >= 11 is 0. The van der Waals surface area contributed by atoms with Gasteiger partial charge in [-0.15, -0.1) is 0 Å². The Bertz CT molecular complexity index is 1630. The van der Waals surface area contributed by atoms with E-state index in [1.807, 2.05) is 13.8 Å². The minimum absolute atomic E-state index is 0.000716. The maximum absolute atomic E-state index is 14.0. The lowest BCUT2D eigenvalue weighted by Gasteiger charge is -2.30. The van der Waals surface area contributed by atoms with Gasteiger partial charge in [0, 0.05) is 45.2 Å². The zero-order chi connectivity index (χ0) is 51.2. The number of carbonyl (C=O) groups is 7. The van der Waals surface area contributed by atoms with Crippen molar-refractivity contribution in [3.05, 3.63) is 11.8 Å². The van der Waals surface area contributed by atoms with Crippen molar-refractivity contribution < 1.29 is 48.9 Å². The van der Waals surface area contributed by atoms with Gasteiger partial charge in [-0.05, 0) is 51.5 Å². The van der Waals surface area contributed by atoms with Crippen molar-refractivity contribution in [1.29, 1.82) is 0 Å². The van der Waals surface area contributed by atoms with Crippen LogP contribution in [0, 0.1) is 5.92 Å². The smallest absolute Gasteiger partial charge is 0.268 e. The summed E-state index contributed by atoms with van der Waals surface area (Å²) in [5.74, 6) is -6.38. The number of rotatable bonds is 23. The molecular weight excluding hydrogens is 885 g/mol. The van der Waals surface area contributed by atoms with Gasteiger partial charge in [0.25, 0.3) is 5.91 Å². The van der Waals surface area contributed by atoms with Gasteiger partial charge >= 0.3 is 0 Å². The van der Waals surface area contributed by atoms with Crippen LogP contribution in [0.5, 0.6) is 0 Å². The van der Waals surface area contributed by atoms with E-state index in [-0.39, 0.29) is 62.9 Å². The second kappa shape index (κ2) is 34.3. The highest BCUT2D eigenvalue weighted by Crippen LogP contribution is 2.12. The van der Waals surface area contributed by atoms with E-state index in [9.17, 15) is 48.9 Å². The van der Waals surface area contributed by atoms with Crippen LogP contribution >= 0.6 is 0 Å². The van der Waals surface area contributed by atoms with Gasteiger partial charge in [-0.25, -0.2) is 0 Å². The van der Waals surface area contributed by atoms with E-state index in [1.165, 1.54) is 25.8 Å². The number of aliphatic hydroxyl groups is 3. The number of amides is 7. The first-order valence-corrected chi connectivity index (χ1v) is 24.0. The summed E-state index contributed by atoms with van der Waals surface area (Å²) in [7, 11) is 0. The molecule has 1 aliphatic heterocycles. The quantitative estimate of drug-likeness (QED) is 0.0200. The third-order valence-electron chi connectivity index (χ3n) is 11.2. The Morgan fingerprint density at radius 3 is 1.88 bits per heavy atom. The number of nitrogens with zero attached hydrogens (tertiary/aromatic N) is 1. The highest BCUT2D eigenvalue weighted by molar-refractivity contribution is 6.01. The molecule has 68 heavy (non-hydrogen) atoms. The number of allylic oxidation sites excluding steroid dienone is 1. The lowest BCUT2D eigenvalue weighted by Crippen LogP contribution is -2.64. The van der Waals surface area contributed by atoms with Crippen LogP contribution in [0.1, 0.15) is 118 Å². The van der Waals surface area contributed by atoms with Crippen LogP contribution in [-0.2, 0) is 33.6 Å². The van der Waals surface area contributed by atoms with Crippen molar-refractivity contribution in [2.75, 3.05) is 39.3 Å². The lowest BCUT2D eigenvalue weighted by molar-refractivity contribution is -0.137. The van der Waals surface area contributed by atoms with Gasteiger partial charge in [0.2, 0.25) is 35.4 Å². The molecule has 1 aliphatic rings. The molecule has 0 saturated carbocycles. The Morgan fingerprint density at radius 2 is 1.32 bits per heavy atom. The number of guanidine groups is 1. The third kappa shape index (κ3) is 23.8. The van der Waals surface area contributed by atoms with Crippen LogP contribution in [-0.4, -0.2) is 156 Å². The van der Waals surface area contributed by atoms with E-state index in [0.717, 1.165) is 38.5 Å². The number of unbranched alkanes of at least 4 members (excludes halogenated alkanes) is 8. The fraction of sp³-hybridized carbons (Fsp3) is 0.773. The number of aliphatic hydroxyl groups excluding tert-OH is 3. The first kappa shape index (κ1) is 61.0. The van der Waals surface area contributed by atoms with Crippen LogP contribution in [0.2, 0.25) is 0 Å².